The molecule has 8 heteroatoms. The molecule has 2 aromatic heterocycles. The van der Waals surface area contributed by atoms with E-state index in [2.05, 4.69) is 15.3 Å². The Kier molecular flexibility index (Phi) is 5.26. The summed E-state index contributed by atoms with van der Waals surface area (Å²) >= 11 is 0. The fraction of sp³-hybridized carbons (Fsp3) is 0.286. The minimum atomic E-state index is -0.870. The third-order valence-corrected chi connectivity index (χ3v) is 5.05. The highest BCUT2D eigenvalue weighted by molar-refractivity contribution is 5.55. The van der Waals surface area contributed by atoms with Crippen LogP contribution in [0.1, 0.15) is 11.5 Å². The number of hydrogen-bond acceptors (Lipinski definition) is 6. The van der Waals surface area contributed by atoms with Crippen LogP contribution in [0.4, 0.5) is 4.39 Å². The van der Waals surface area contributed by atoms with Crippen molar-refractivity contribution in [2.45, 2.75) is 12.5 Å². The van der Waals surface area contributed by atoms with Crippen molar-refractivity contribution in [3.63, 3.8) is 0 Å². The number of carbonyl (C=O) groups is 1. The third kappa shape index (κ3) is 3.71. The second-order valence-electron chi connectivity index (χ2n) is 6.93. The number of rotatable bonds is 6. The molecule has 0 radical (unpaired) electrons. The van der Waals surface area contributed by atoms with Gasteiger partial charge in [0.2, 0.25) is 12.3 Å². The molecular formula is C21H21FN4O3. The quantitative estimate of drug-likeness (QED) is 0.645. The number of amides is 1. The van der Waals surface area contributed by atoms with E-state index >= 15 is 0 Å². The number of aromatic nitrogens is 2. The van der Waals surface area contributed by atoms with Crippen LogP contribution in [0.15, 0.2) is 53.2 Å². The van der Waals surface area contributed by atoms with Crippen molar-refractivity contribution in [3.05, 3.63) is 66.1 Å². The molecule has 1 atom stereocenters. The number of oxazole rings is 1. The zero-order valence-corrected chi connectivity index (χ0v) is 16.0. The molecule has 0 spiro atoms. The smallest absolute Gasteiger partial charge is 0.226 e. The summed E-state index contributed by atoms with van der Waals surface area (Å²) in [5, 5.41) is 3.32. The van der Waals surface area contributed by atoms with Crippen molar-refractivity contribution in [2.75, 3.05) is 26.2 Å². The number of nitrogens with zero attached hydrogens (tertiary/aromatic N) is 3. The van der Waals surface area contributed by atoms with Gasteiger partial charge in [0.25, 0.3) is 0 Å². The summed E-state index contributed by atoms with van der Waals surface area (Å²) in [6.45, 7) is 3.63. The Morgan fingerprint density at radius 1 is 1.34 bits per heavy atom. The molecule has 7 nitrogen and oxygen atoms in total. The van der Waals surface area contributed by atoms with Crippen LogP contribution in [0.3, 0.4) is 0 Å². The SMILES string of the molecule is Cc1nc(-c2ccc(F)cc2)oc1C1(COc2cccnc2)CNCCN1C=O. The Morgan fingerprint density at radius 3 is 2.90 bits per heavy atom. The van der Waals surface area contributed by atoms with E-state index < -0.39 is 5.54 Å². The molecule has 1 unspecified atom stereocenters. The molecule has 1 saturated heterocycles. The monoisotopic (exact) mass is 396 g/mol. The van der Waals surface area contributed by atoms with E-state index in [1.807, 2.05) is 6.92 Å². The van der Waals surface area contributed by atoms with Gasteiger partial charge in [-0.25, -0.2) is 9.37 Å². The molecular weight excluding hydrogens is 375 g/mol. The molecule has 0 aliphatic carbocycles. The normalized spacial score (nSPS) is 19.2. The highest BCUT2D eigenvalue weighted by Gasteiger charge is 2.46. The van der Waals surface area contributed by atoms with E-state index in [0.717, 1.165) is 6.41 Å². The number of carbonyl (C=O) groups excluding carboxylic acids is 1. The molecule has 1 amide bonds. The number of nitrogens with one attached hydrogen (secondary N) is 1. The average molecular weight is 396 g/mol. The summed E-state index contributed by atoms with van der Waals surface area (Å²) in [7, 11) is 0. The van der Waals surface area contributed by atoms with Gasteiger partial charge in [-0.1, -0.05) is 0 Å². The third-order valence-electron chi connectivity index (χ3n) is 5.05. The van der Waals surface area contributed by atoms with E-state index in [4.69, 9.17) is 9.15 Å². The maximum atomic E-state index is 13.3. The lowest BCUT2D eigenvalue weighted by Crippen LogP contribution is -2.61. The largest absolute Gasteiger partial charge is 0.489 e. The standard InChI is InChI=1S/C21H21FN4O3/c1-15-19(29-20(25-15)16-4-6-17(22)7-5-16)21(12-24-9-10-26(21)14-27)13-28-18-3-2-8-23-11-18/h2-8,11,14,24H,9-10,12-13H2,1H3. The van der Waals surface area contributed by atoms with Gasteiger partial charge in [0.15, 0.2) is 5.76 Å². The second kappa shape index (κ2) is 8.00. The molecule has 4 rings (SSSR count). The summed E-state index contributed by atoms with van der Waals surface area (Å²) in [5.41, 5.74) is 0.436. The topological polar surface area (TPSA) is 80.5 Å². The Morgan fingerprint density at radius 2 is 2.17 bits per heavy atom. The minimum Gasteiger partial charge on any atom is -0.489 e. The highest BCUT2D eigenvalue weighted by Crippen LogP contribution is 2.35. The summed E-state index contributed by atoms with van der Waals surface area (Å²) in [5.74, 6) is 1.18. The van der Waals surface area contributed by atoms with Crippen LogP contribution in [0.5, 0.6) is 5.75 Å². The van der Waals surface area contributed by atoms with E-state index in [1.165, 1.54) is 12.1 Å². The first-order chi connectivity index (χ1) is 14.1. The summed E-state index contributed by atoms with van der Waals surface area (Å²) in [6.07, 6.45) is 4.09. The van der Waals surface area contributed by atoms with Gasteiger partial charge in [-0.3, -0.25) is 9.78 Å². The zero-order chi connectivity index (χ0) is 20.3. The van der Waals surface area contributed by atoms with E-state index in [1.54, 1.807) is 41.6 Å². The van der Waals surface area contributed by atoms with Crippen LogP contribution < -0.4 is 10.1 Å². The maximum absolute atomic E-state index is 13.3. The predicted molar refractivity (Wildman–Crippen MR) is 104 cm³/mol. The minimum absolute atomic E-state index is 0.170. The number of benzene rings is 1. The van der Waals surface area contributed by atoms with Crippen molar-refractivity contribution < 1.29 is 18.3 Å². The Bertz CT molecular complexity index is 977. The van der Waals surface area contributed by atoms with Crippen molar-refractivity contribution in [1.29, 1.82) is 0 Å². The van der Waals surface area contributed by atoms with Gasteiger partial charge in [0, 0.05) is 31.4 Å². The van der Waals surface area contributed by atoms with Crippen LogP contribution in [0.25, 0.3) is 11.5 Å². The van der Waals surface area contributed by atoms with Gasteiger partial charge in [0.1, 0.15) is 23.7 Å². The molecule has 1 fully saturated rings. The van der Waals surface area contributed by atoms with E-state index in [0.29, 0.717) is 48.3 Å². The van der Waals surface area contributed by atoms with Crippen LogP contribution >= 0.6 is 0 Å². The first kappa shape index (κ1) is 19.1. The molecule has 150 valence electrons. The van der Waals surface area contributed by atoms with E-state index in [-0.39, 0.29) is 12.4 Å². The van der Waals surface area contributed by atoms with Crippen molar-refractivity contribution in [2.24, 2.45) is 0 Å². The maximum Gasteiger partial charge on any atom is 0.226 e. The lowest BCUT2D eigenvalue weighted by molar-refractivity contribution is -0.128. The van der Waals surface area contributed by atoms with Crippen molar-refractivity contribution >= 4 is 6.41 Å². The molecule has 1 aliphatic heterocycles. The highest BCUT2D eigenvalue weighted by atomic mass is 19.1. The molecule has 3 heterocycles. The number of hydrogen-bond donors (Lipinski definition) is 1. The van der Waals surface area contributed by atoms with Crippen LogP contribution in [0.2, 0.25) is 0 Å². The number of ether oxygens (including phenoxy) is 1. The molecule has 1 aliphatic rings. The number of piperazine rings is 1. The Hall–Kier alpha value is -3.26. The van der Waals surface area contributed by atoms with Crippen molar-refractivity contribution in [3.8, 4) is 17.2 Å². The van der Waals surface area contributed by atoms with E-state index in [9.17, 15) is 9.18 Å². The van der Waals surface area contributed by atoms with Gasteiger partial charge in [-0.2, -0.15) is 0 Å². The van der Waals surface area contributed by atoms with Crippen molar-refractivity contribution in [1.82, 2.24) is 20.2 Å². The number of pyridine rings is 1. The summed E-state index contributed by atoms with van der Waals surface area (Å²) < 4.78 is 25.4. The summed E-state index contributed by atoms with van der Waals surface area (Å²) in [6, 6.07) is 9.52. The molecule has 1 aromatic carbocycles. The van der Waals surface area contributed by atoms with Gasteiger partial charge in [-0.15, -0.1) is 0 Å². The summed E-state index contributed by atoms with van der Waals surface area (Å²) in [4.78, 5) is 22.2. The van der Waals surface area contributed by atoms with Gasteiger partial charge < -0.3 is 19.4 Å². The van der Waals surface area contributed by atoms with Crippen LogP contribution in [-0.4, -0.2) is 47.5 Å². The molecule has 3 aromatic rings. The Balaban J connectivity index is 1.73. The number of halogens is 1. The molecule has 0 bridgehead atoms. The fourth-order valence-corrected chi connectivity index (χ4v) is 3.55. The van der Waals surface area contributed by atoms with Crippen LogP contribution in [-0.2, 0) is 10.3 Å². The molecule has 1 N–H and O–H groups in total. The Labute approximate surface area is 167 Å². The molecule has 0 saturated carbocycles. The lowest BCUT2D eigenvalue weighted by Gasteiger charge is -2.43. The van der Waals surface area contributed by atoms with Gasteiger partial charge >= 0.3 is 0 Å². The fourth-order valence-electron chi connectivity index (χ4n) is 3.55. The first-order valence-corrected chi connectivity index (χ1v) is 9.32. The first-order valence-electron chi connectivity index (χ1n) is 9.32. The van der Waals surface area contributed by atoms with Gasteiger partial charge in [-0.05, 0) is 43.3 Å². The molecule has 29 heavy (non-hydrogen) atoms. The average Bonchev–Trinajstić information content (AvgIpc) is 3.16. The number of aryl methyl sites for hydroxylation is 1. The second-order valence-corrected chi connectivity index (χ2v) is 6.93. The zero-order valence-electron chi connectivity index (χ0n) is 16.0. The predicted octanol–water partition coefficient (Wildman–Crippen LogP) is 2.52. The van der Waals surface area contributed by atoms with Crippen LogP contribution in [0, 0.1) is 12.7 Å². The lowest BCUT2D eigenvalue weighted by atomic mass is 9.91. The van der Waals surface area contributed by atoms with Gasteiger partial charge in [0.05, 0.1) is 11.9 Å².